The van der Waals surface area contributed by atoms with Gasteiger partial charge in [-0.1, -0.05) is 36.4 Å². The summed E-state index contributed by atoms with van der Waals surface area (Å²) < 4.78 is 7.26. The van der Waals surface area contributed by atoms with Crippen molar-refractivity contribution in [3.8, 4) is 16.9 Å². The Hall–Kier alpha value is -3.80. The minimum absolute atomic E-state index is 0.0183. The summed E-state index contributed by atoms with van der Waals surface area (Å²) in [6.45, 7) is 2.90. The van der Waals surface area contributed by atoms with Gasteiger partial charge in [0.2, 0.25) is 0 Å². The number of ether oxygens (including phenoxy) is 1. The van der Waals surface area contributed by atoms with Crippen molar-refractivity contribution in [1.82, 2.24) is 14.3 Å². The van der Waals surface area contributed by atoms with Gasteiger partial charge in [-0.3, -0.25) is 4.79 Å². The lowest BCUT2D eigenvalue weighted by atomic mass is 10.1. The third-order valence-corrected chi connectivity index (χ3v) is 5.76. The maximum atomic E-state index is 13.1. The molecule has 2 aromatic carbocycles. The molecule has 1 aliphatic rings. The van der Waals surface area contributed by atoms with Gasteiger partial charge in [0.05, 0.1) is 7.11 Å². The number of piperazine rings is 1. The Kier molecular flexibility index (Phi) is 5.04. The molecule has 31 heavy (non-hydrogen) atoms. The Bertz CT molecular complexity index is 1210. The second-order valence-electron chi connectivity index (χ2n) is 7.66. The number of hydrogen-bond donors (Lipinski definition) is 0. The normalized spacial score (nSPS) is 14.1. The van der Waals surface area contributed by atoms with Crippen LogP contribution in [0.1, 0.15) is 10.5 Å². The maximum Gasteiger partial charge on any atom is 0.274 e. The topological polar surface area (TPSA) is 50.1 Å². The Morgan fingerprint density at radius 3 is 2.45 bits per heavy atom. The standard InChI is InChI=1S/C25H24N4O2/c1-31-22-9-5-8-21(16-22)27-12-14-28(15-13-27)25(30)23-18-29-17-20(10-11-24(29)26-23)19-6-3-2-4-7-19/h2-11,16-18H,12-15H2,1H3. The number of pyridine rings is 1. The van der Waals surface area contributed by atoms with Gasteiger partial charge >= 0.3 is 0 Å². The Morgan fingerprint density at radius 1 is 0.871 bits per heavy atom. The fourth-order valence-corrected chi connectivity index (χ4v) is 4.03. The van der Waals surface area contributed by atoms with Crippen molar-refractivity contribution >= 4 is 17.2 Å². The highest BCUT2D eigenvalue weighted by Gasteiger charge is 2.24. The van der Waals surface area contributed by atoms with Crippen LogP contribution in [0.5, 0.6) is 5.75 Å². The molecule has 1 amide bonds. The van der Waals surface area contributed by atoms with E-state index in [1.807, 2.05) is 70.2 Å². The number of imidazole rings is 1. The lowest BCUT2D eigenvalue weighted by Crippen LogP contribution is -2.48. The molecule has 0 bridgehead atoms. The number of hydrogen-bond acceptors (Lipinski definition) is 4. The summed E-state index contributed by atoms with van der Waals surface area (Å²) in [7, 11) is 1.67. The first-order chi connectivity index (χ1) is 15.2. The quantitative estimate of drug-likeness (QED) is 0.509. The number of methoxy groups -OCH3 is 1. The van der Waals surface area contributed by atoms with Crippen molar-refractivity contribution in [1.29, 1.82) is 0 Å². The van der Waals surface area contributed by atoms with Crippen LogP contribution < -0.4 is 9.64 Å². The largest absolute Gasteiger partial charge is 0.497 e. The lowest BCUT2D eigenvalue weighted by Gasteiger charge is -2.35. The van der Waals surface area contributed by atoms with Crippen LogP contribution in [0.4, 0.5) is 5.69 Å². The van der Waals surface area contributed by atoms with E-state index in [9.17, 15) is 4.79 Å². The average molecular weight is 412 g/mol. The second kappa shape index (κ2) is 8.14. The number of benzene rings is 2. The first-order valence-corrected chi connectivity index (χ1v) is 10.4. The molecule has 5 rings (SSSR count). The van der Waals surface area contributed by atoms with Crippen LogP contribution >= 0.6 is 0 Å². The molecule has 1 saturated heterocycles. The number of carbonyl (C=O) groups excluding carboxylic acids is 1. The predicted octanol–water partition coefficient (Wildman–Crippen LogP) is 3.97. The summed E-state index contributed by atoms with van der Waals surface area (Å²) in [5.41, 5.74) is 4.61. The first-order valence-electron chi connectivity index (χ1n) is 10.4. The fourth-order valence-electron chi connectivity index (χ4n) is 4.03. The van der Waals surface area contributed by atoms with Gasteiger partial charge in [0.15, 0.2) is 0 Å². The van der Waals surface area contributed by atoms with Crippen molar-refractivity contribution in [2.24, 2.45) is 0 Å². The van der Waals surface area contributed by atoms with Crippen LogP contribution in [-0.2, 0) is 0 Å². The Balaban J connectivity index is 1.30. The smallest absolute Gasteiger partial charge is 0.274 e. The van der Waals surface area contributed by atoms with Crippen LogP contribution in [0, 0.1) is 0 Å². The molecule has 1 fully saturated rings. The van der Waals surface area contributed by atoms with E-state index in [2.05, 4.69) is 28.1 Å². The summed E-state index contributed by atoms with van der Waals surface area (Å²) in [6.07, 6.45) is 3.85. The lowest BCUT2D eigenvalue weighted by molar-refractivity contribution is 0.0741. The molecule has 0 radical (unpaired) electrons. The van der Waals surface area contributed by atoms with Crippen molar-refractivity contribution in [3.63, 3.8) is 0 Å². The van der Waals surface area contributed by atoms with Gasteiger partial charge < -0.3 is 18.9 Å². The summed E-state index contributed by atoms with van der Waals surface area (Å²) in [6, 6.07) is 22.2. The molecule has 2 aromatic heterocycles. The van der Waals surface area contributed by atoms with E-state index in [1.54, 1.807) is 7.11 Å². The zero-order valence-corrected chi connectivity index (χ0v) is 17.4. The van der Waals surface area contributed by atoms with E-state index < -0.39 is 0 Å². The third kappa shape index (κ3) is 3.84. The van der Waals surface area contributed by atoms with Gasteiger partial charge in [0.25, 0.3) is 5.91 Å². The van der Waals surface area contributed by atoms with Gasteiger partial charge in [-0.15, -0.1) is 0 Å². The third-order valence-electron chi connectivity index (χ3n) is 5.76. The highest BCUT2D eigenvalue weighted by Crippen LogP contribution is 2.23. The minimum atomic E-state index is -0.0183. The van der Waals surface area contributed by atoms with Gasteiger partial charge in [0, 0.05) is 50.3 Å². The molecule has 4 aromatic rings. The van der Waals surface area contributed by atoms with Gasteiger partial charge in [-0.05, 0) is 35.4 Å². The van der Waals surface area contributed by atoms with E-state index in [4.69, 9.17) is 4.74 Å². The monoisotopic (exact) mass is 412 g/mol. The molecular formula is C25H24N4O2. The van der Waals surface area contributed by atoms with Gasteiger partial charge in [-0.2, -0.15) is 0 Å². The second-order valence-corrected chi connectivity index (χ2v) is 7.66. The Morgan fingerprint density at radius 2 is 1.68 bits per heavy atom. The zero-order chi connectivity index (χ0) is 21.2. The summed E-state index contributed by atoms with van der Waals surface area (Å²) in [4.78, 5) is 21.8. The Labute approximate surface area is 181 Å². The highest BCUT2D eigenvalue weighted by molar-refractivity contribution is 5.93. The van der Waals surface area contributed by atoms with E-state index in [-0.39, 0.29) is 5.91 Å². The van der Waals surface area contributed by atoms with E-state index >= 15 is 0 Å². The van der Waals surface area contributed by atoms with Crippen molar-refractivity contribution in [3.05, 3.63) is 84.8 Å². The molecular weight excluding hydrogens is 388 g/mol. The van der Waals surface area contributed by atoms with Gasteiger partial charge in [-0.25, -0.2) is 4.98 Å². The number of fused-ring (bicyclic) bond motifs is 1. The molecule has 0 unspecified atom stereocenters. The molecule has 6 heteroatoms. The number of amides is 1. The molecule has 6 nitrogen and oxygen atoms in total. The minimum Gasteiger partial charge on any atom is -0.497 e. The zero-order valence-electron chi connectivity index (χ0n) is 17.4. The van der Waals surface area contributed by atoms with Gasteiger partial charge in [0.1, 0.15) is 17.1 Å². The molecule has 0 spiro atoms. The molecule has 1 aliphatic heterocycles. The summed E-state index contributed by atoms with van der Waals surface area (Å²) >= 11 is 0. The number of aromatic nitrogens is 2. The average Bonchev–Trinajstić information content (AvgIpc) is 3.28. The SMILES string of the molecule is COc1cccc(N2CCN(C(=O)c3cn4cc(-c5ccccc5)ccc4n3)CC2)c1. The first kappa shape index (κ1) is 19.2. The molecule has 3 heterocycles. The van der Waals surface area contributed by atoms with Crippen molar-refractivity contribution in [2.45, 2.75) is 0 Å². The number of nitrogens with zero attached hydrogens (tertiary/aromatic N) is 4. The van der Waals surface area contributed by atoms with Crippen LogP contribution in [0.25, 0.3) is 16.8 Å². The molecule has 0 N–H and O–H groups in total. The fraction of sp³-hybridized carbons (Fsp3) is 0.200. The predicted molar refractivity (Wildman–Crippen MR) is 122 cm³/mol. The number of anilines is 1. The summed E-state index contributed by atoms with van der Waals surface area (Å²) in [5, 5.41) is 0. The van der Waals surface area contributed by atoms with Crippen LogP contribution in [0.3, 0.4) is 0 Å². The van der Waals surface area contributed by atoms with Crippen LogP contribution in [0.2, 0.25) is 0 Å². The maximum absolute atomic E-state index is 13.1. The number of rotatable bonds is 4. The molecule has 156 valence electrons. The molecule has 0 aliphatic carbocycles. The summed E-state index contributed by atoms with van der Waals surface area (Å²) in [5.74, 6) is 0.825. The van der Waals surface area contributed by atoms with E-state index in [1.165, 1.54) is 0 Å². The van der Waals surface area contributed by atoms with Crippen molar-refractivity contribution in [2.75, 3.05) is 38.2 Å². The molecule has 0 saturated carbocycles. The van der Waals surface area contributed by atoms with E-state index in [0.29, 0.717) is 18.8 Å². The highest BCUT2D eigenvalue weighted by atomic mass is 16.5. The van der Waals surface area contributed by atoms with E-state index in [0.717, 1.165) is 41.3 Å². The van der Waals surface area contributed by atoms with Crippen molar-refractivity contribution < 1.29 is 9.53 Å². The van der Waals surface area contributed by atoms with Crippen LogP contribution in [-0.4, -0.2) is 53.5 Å². The number of carbonyl (C=O) groups is 1. The molecule has 0 atom stereocenters. The van der Waals surface area contributed by atoms with Crippen LogP contribution in [0.15, 0.2) is 79.1 Å².